The molecule has 2 aromatic carbocycles. The van der Waals surface area contributed by atoms with Gasteiger partial charge in [0.1, 0.15) is 10.6 Å². The minimum atomic E-state index is -3.86. The van der Waals surface area contributed by atoms with E-state index >= 15 is 0 Å². The SMILES string of the molecule is O=C(CCN(/N=C/c1cc(Cl)ccc1O)C1=NS(=O)(=O)c2ccccc21)NC1CCCCC1. The van der Waals surface area contributed by atoms with Crippen LogP contribution in [0.4, 0.5) is 0 Å². The summed E-state index contributed by atoms with van der Waals surface area (Å²) in [7, 11) is -3.86. The molecule has 1 fully saturated rings. The summed E-state index contributed by atoms with van der Waals surface area (Å²) in [5.41, 5.74) is 0.770. The van der Waals surface area contributed by atoms with E-state index in [0.29, 0.717) is 16.1 Å². The van der Waals surface area contributed by atoms with Crippen molar-refractivity contribution in [2.75, 3.05) is 6.54 Å². The Bertz CT molecular complexity index is 1210. The number of aromatic hydroxyl groups is 1. The van der Waals surface area contributed by atoms with Gasteiger partial charge in [-0.15, -0.1) is 4.40 Å². The summed E-state index contributed by atoms with van der Waals surface area (Å²) in [5, 5.41) is 19.3. The second kappa shape index (κ2) is 9.93. The van der Waals surface area contributed by atoms with Gasteiger partial charge in [0, 0.05) is 28.6 Å². The predicted molar refractivity (Wildman–Crippen MR) is 127 cm³/mol. The number of fused-ring (bicyclic) bond motifs is 1. The Morgan fingerprint density at radius 1 is 1.21 bits per heavy atom. The predicted octanol–water partition coefficient (Wildman–Crippen LogP) is 3.67. The Balaban J connectivity index is 1.58. The van der Waals surface area contributed by atoms with Crippen molar-refractivity contribution in [1.82, 2.24) is 10.3 Å². The second-order valence-corrected chi connectivity index (χ2v) is 10.1. The Hall–Kier alpha value is -2.91. The largest absolute Gasteiger partial charge is 0.507 e. The molecule has 10 heteroatoms. The van der Waals surface area contributed by atoms with Crippen LogP contribution in [0.5, 0.6) is 5.75 Å². The van der Waals surface area contributed by atoms with Gasteiger partial charge >= 0.3 is 0 Å². The number of phenols is 1. The zero-order valence-electron chi connectivity index (χ0n) is 17.9. The number of hydrazone groups is 1. The number of hydrogen-bond donors (Lipinski definition) is 2. The number of nitrogens with one attached hydrogen (secondary N) is 1. The van der Waals surface area contributed by atoms with Gasteiger partial charge in [-0.2, -0.15) is 13.5 Å². The normalized spacial score (nSPS) is 17.5. The number of phenolic OH excluding ortho intramolecular Hbond substituents is 1. The highest BCUT2D eigenvalue weighted by atomic mass is 35.5. The number of carbonyl (C=O) groups excluding carboxylic acids is 1. The van der Waals surface area contributed by atoms with Crippen LogP contribution in [0.15, 0.2) is 56.9 Å². The first-order valence-corrected chi connectivity index (χ1v) is 12.7. The summed E-state index contributed by atoms with van der Waals surface area (Å²) >= 11 is 6.02. The van der Waals surface area contributed by atoms with Crippen molar-refractivity contribution in [3.8, 4) is 5.75 Å². The molecule has 2 N–H and O–H groups in total. The third kappa shape index (κ3) is 5.54. The van der Waals surface area contributed by atoms with Gasteiger partial charge in [-0.1, -0.05) is 43.0 Å². The maximum Gasteiger partial charge on any atom is 0.285 e. The number of carbonyl (C=O) groups is 1. The molecule has 1 aliphatic heterocycles. The summed E-state index contributed by atoms with van der Waals surface area (Å²) in [6.07, 6.45) is 6.83. The number of rotatable bonds is 6. The van der Waals surface area contributed by atoms with Crippen molar-refractivity contribution in [2.45, 2.75) is 49.5 Å². The van der Waals surface area contributed by atoms with E-state index in [9.17, 15) is 18.3 Å². The summed E-state index contributed by atoms with van der Waals surface area (Å²) in [6.45, 7) is 0.110. The molecule has 1 saturated carbocycles. The third-order valence-corrected chi connectivity index (χ3v) is 7.26. The average Bonchev–Trinajstić information content (AvgIpc) is 3.07. The first-order valence-electron chi connectivity index (χ1n) is 10.9. The fourth-order valence-electron chi connectivity index (χ4n) is 4.01. The second-order valence-electron chi connectivity index (χ2n) is 8.11. The Morgan fingerprint density at radius 2 is 1.97 bits per heavy atom. The lowest BCUT2D eigenvalue weighted by atomic mass is 9.95. The standard InChI is InChI=1S/C23H25ClN4O4S/c24-17-10-11-20(29)16(14-17)15-25-28(13-12-22(30)26-18-6-2-1-3-7-18)23-19-8-4-5-9-21(19)33(31,32)27-23/h4-5,8-11,14-15,18,29H,1-3,6-7,12-13H2,(H,26,30)/b25-15+. The van der Waals surface area contributed by atoms with Gasteiger partial charge in [0.25, 0.3) is 10.0 Å². The molecule has 1 amide bonds. The highest BCUT2D eigenvalue weighted by molar-refractivity contribution is 7.90. The first kappa shape index (κ1) is 23.3. The molecule has 1 heterocycles. The van der Waals surface area contributed by atoms with Gasteiger partial charge in [0.05, 0.1) is 12.8 Å². The number of amides is 1. The molecule has 2 aromatic rings. The summed E-state index contributed by atoms with van der Waals surface area (Å²) in [6, 6.07) is 11.2. The minimum Gasteiger partial charge on any atom is -0.507 e. The zero-order valence-corrected chi connectivity index (χ0v) is 19.5. The highest BCUT2D eigenvalue weighted by Gasteiger charge is 2.32. The molecule has 0 radical (unpaired) electrons. The molecule has 4 rings (SSSR count). The molecule has 0 spiro atoms. The molecule has 0 saturated heterocycles. The minimum absolute atomic E-state index is 0.0282. The lowest BCUT2D eigenvalue weighted by molar-refractivity contribution is -0.122. The van der Waals surface area contributed by atoms with Crippen LogP contribution in [0, 0.1) is 0 Å². The maximum absolute atomic E-state index is 12.6. The van der Waals surface area contributed by atoms with Crippen LogP contribution in [-0.2, 0) is 14.8 Å². The van der Waals surface area contributed by atoms with Crippen LogP contribution < -0.4 is 5.32 Å². The third-order valence-electron chi connectivity index (χ3n) is 5.70. The van der Waals surface area contributed by atoms with E-state index in [-0.39, 0.29) is 41.4 Å². The molecular formula is C23H25ClN4O4S. The Labute approximate surface area is 198 Å². The van der Waals surface area contributed by atoms with E-state index < -0.39 is 10.0 Å². The van der Waals surface area contributed by atoms with Crippen LogP contribution in [0.25, 0.3) is 0 Å². The van der Waals surface area contributed by atoms with Crippen LogP contribution in [0.2, 0.25) is 5.02 Å². The molecule has 8 nitrogen and oxygen atoms in total. The van der Waals surface area contributed by atoms with Gasteiger partial charge in [-0.25, -0.2) is 5.01 Å². The lowest BCUT2D eigenvalue weighted by Crippen LogP contribution is -2.38. The molecule has 33 heavy (non-hydrogen) atoms. The molecule has 2 aliphatic rings. The van der Waals surface area contributed by atoms with Crippen molar-refractivity contribution in [3.63, 3.8) is 0 Å². The smallest absolute Gasteiger partial charge is 0.285 e. The molecule has 174 valence electrons. The number of halogens is 1. The highest BCUT2D eigenvalue weighted by Crippen LogP contribution is 2.28. The molecule has 1 aliphatic carbocycles. The maximum atomic E-state index is 12.6. The van der Waals surface area contributed by atoms with E-state index in [0.717, 1.165) is 25.7 Å². The average molecular weight is 489 g/mol. The van der Waals surface area contributed by atoms with Gasteiger partial charge < -0.3 is 10.4 Å². The number of sulfonamides is 1. The first-order chi connectivity index (χ1) is 15.8. The molecule has 0 bridgehead atoms. The monoisotopic (exact) mass is 488 g/mol. The van der Waals surface area contributed by atoms with Gasteiger partial charge in [-0.3, -0.25) is 4.79 Å². The molecular weight excluding hydrogens is 464 g/mol. The van der Waals surface area contributed by atoms with E-state index in [1.807, 2.05) is 0 Å². The van der Waals surface area contributed by atoms with Crippen LogP contribution in [0.1, 0.15) is 49.7 Å². The summed E-state index contributed by atoms with van der Waals surface area (Å²) in [5.74, 6) is -0.0178. The molecule has 0 aromatic heterocycles. The quantitative estimate of drug-likeness (QED) is 0.476. The van der Waals surface area contributed by atoms with E-state index in [2.05, 4.69) is 14.8 Å². The van der Waals surface area contributed by atoms with E-state index in [1.54, 1.807) is 24.3 Å². The molecule has 0 unspecified atom stereocenters. The van der Waals surface area contributed by atoms with E-state index in [1.165, 1.54) is 35.8 Å². The van der Waals surface area contributed by atoms with Crippen molar-refractivity contribution in [1.29, 1.82) is 0 Å². The lowest BCUT2D eigenvalue weighted by Gasteiger charge is -2.24. The number of benzene rings is 2. The van der Waals surface area contributed by atoms with Gasteiger partial charge in [0.2, 0.25) is 5.91 Å². The number of amidine groups is 1. The zero-order chi connectivity index (χ0) is 23.4. The van der Waals surface area contributed by atoms with Gasteiger partial charge in [0.15, 0.2) is 5.84 Å². The van der Waals surface area contributed by atoms with E-state index in [4.69, 9.17) is 11.6 Å². The fraction of sp³-hybridized carbons (Fsp3) is 0.348. The van der Waals surface area contributed by atoms with Crippen molar-refractivity contribution in [3.05, 3.63) is 58.6 Å². The summed E-state index contributed by atoms with van der Waals surface area (Å²) < 4.78 is 29.0. The Morgan fingerprint density at radius 3 is 2.76 bits per heavy atom. The van der Waals surface area contributed by atoms with Crippen LogP contribution >= 0.6 is 11.6 Å². The molecule has 0 atom stereocenters. The van der Waals surface area contributed by atoms with Crippen LogP contribution in [0.3, 0.4) is 0 Å². The topological polar surface area (TPSA) is 111 Å². The number of nitrogens with zero attached hydrogens (tertiary/aromatic N) is 3. The van der Waals surface area contributed by atoms with Crippen molar-refractivity contribution < 1.29 is 18.3 Å². The van der Waals surface area contributed by atoms with Crippen molar-refractivity contribution in [2.24, 2.45) is 9.50 Å². The summed E-state index contributed by atoms with van der Waals surface area (Å²) in [4.78, 5) is 12.7. The number of hydrogen-bond acceptors (Lipinski definition) is 6. The van der Waals surface area contributed by atoms with Gasteiger partial charge in [-0.05, 0) is 43.2 Å². The Kier molecular flexibility index (Phi) is 6.99. The van der Waals surface area contributed by atoms with Crippen molar-refractivity contribution >= 4 is 39.6 Å². The van der Waals surface area contributed by atoms with Crippen LogP contribution in [-0.4, -0.2) is 49.1 Å². The fourth-order valence-corrected chi connectivity index (χ4v) is 5.39.